The van der Waals surface area contributed by atoms with Crippen LogP contribution in [-0.4, -0.2) is 40.6 Å². The summed E-state index contributed by atoms with van der Waals surface area (Å²) in [6.45, 7) is 7.95. The van der Waals surface area contributed by atoms with E-state index in [0.717, 1.165) is 25.7 Å². The van der Waals surface area contributed by atoms with Crippen molar-refractivity contribution in [3.63, 3.8) is 0 Å². The van der Waals surface area contributed by atoms with Gasteiger partial charge in [-0.25, -0.2) is 9.59 Å². The Labute approximate surface area is 120 Å². The first kappa shape index (κ1) is 16.3. The summed E-state index contributed by atoms with van der Waals surface area (Å²) in [5.41, 5.74) is -1.13. The summed E-state index contributed by atoms with van der Waals surface area (Å²) < 4.78 is 0. The van der Waals surface area contributed by atoms with Gasteiger partial charge in [-0.2, -0.15) is 0 Å². The summed E-state index contributed by atoms with van der Waals surface area (Å²) in [6.07, 6.45) is 7.91. The Morgan fingerprint density at radius 3 is 2.00 bits per heavy atom. The molecule has 1 rings (SSSR count). The van der Waals surface area contributed by atoms with Crippen LogP contribution in [0, 0.1) is 0 Å². The van der Waals surface area contributed by atoms with Crippen molar-refractivity contribution in [2.75, 3.05) is 13.1 Å². The average Bonchev–Trinajstić information content (AvgIpc) is 2.65. The van der Waals surface area contributed by atoms with Crippen molar-refractivity contribution in [3.05, 3.63) is 25.3 Å². The lowest BCUT2D eigenvalue weighted by atomic mass is 9.90. The molecule has 1 aliphatic carbocycles. The van der Waals surface area contributed by atoms with E-state index in [4.69, 9.17) is 0 Å². The molecule has 112 valence electrons. The second-order valence-electron chi connectivity index (χ2n) is 5.21. The van der Waals surface area contributed by atoms with Crippen LogP contribution in [-0.2, 0) is 4.79 Å². The molecule has 1 saturated carbocycles. The number of carbonyl (C=O) groups is 2. The van der Waals surface area contributed by atoms with Crippen LogP contribution in [0.5, 0.6) is 0 Å². The lowest BCUT2D eigenvalue weighted by Gasteiger charge is -2.32. The highest BCUT2D eigenvalue weighted by Crippen LogP contribution is 2.27. The van der Waals surface area contributed by atoms with Crippen molar-refractivity contribution in [2.24, 2.45) is 0 Å². The molecular formula is C15H24N2O3. The van der Waals surface area contributed by atoms with Gasteiger partial charge in [0.05, 0.1) is 0 Å². The fourth-order valence-electron chi connectivity index (χ4n) is 2.56. The van der Waals surface area contributed by atoms with Crippen LogP contribution in [0.3, 0.4) is 0 Å². The molecule has 0 aromatic carbocycles. The molecule has 0 spiro atoms. The van der Waals surface area contributed by atoms with Crippen LogP contribution in [0.1, 0.15) is 38.5 Å². The minimum atomic E-state index is -1.13. The minimum absolute atomic E-state index is 0.367. The molecular weight excluding hydrogens is 256 g/mol. The van der Waals surface area contributed by atoms with E-state index in [9.17, 15) is 14.7 Å². The molecule has 0 aliphatic heterocycles. The van der Waals surface area contributed by atoms with E-state index in [1.54, 1.807) is 12.2 Å². The topological polar surface area (TPSA) is 69.6 Å². The Kier molecular flexibility index (Phi) is 6.28. The van der Waals surface area contributed by atoms with Gasteiger partial charge in [0, 0.05) is 13.1 Å². The largest absolute Gasteiger partial charge is 0.480 e. The molecule has 0 bridgehead atoms. The Hall–Kier alpha value is -1.78. The van der Waals surface area contributed by atoms with Crippen molar-refractivity contribution in [2.45, 2.75) is 44.1 Å². The molecule has 0 atom stereocenters. The number of amides is 2. The Morgan fingerprint density at radius 1 is 1.10 bits per heavy atom. The van der Waals surface area contributed by atoms with E-state index in [2.05, 4.69) is 18.5 Å². The molecule has 5 heteroatoms. The number of hydrogen-bond acceptors (Lipinski definition) is 2. The molecule has 0 aromatic rings. The number of aliphatic carboxylic acids is 1. The SMILES string of the molecule is C=CCN(CC=C)C(=O)NC1(C(=O)O)CCCCCC1. The van der Waals surface area contributed by atoms with Crippen LogP contribution in [0.15, 0.2) is 25.3 Å². The van der Waals surface area contributed by atoms with Crippen LogP contribution < -0.4 is 5.32 Å². The fraction of sp³-hybridized carbons (Fsp3) is 0.600. The van der Waals surface area contributed by atoms with Crippen LogP contribution in [0.2, 0.25) is 0 Å². The van der Waals surface area contributed by atoms with E-state index >= 15 is 0 Å². The number of carbonyl (C=O) groups excluding carboxylic acids is 1. The molecule has 2 N–H and O–H groups in total. The van der Waals surface area contributed by atoms with Gasteiger partial charge in [0.25, 0.3) is 0 Å². The fourth-order valence-corrected chi connectivity index (χ4v) is 2.56. The molecule has 1 fully saturated rings. The highest BCUT2D eigenvalue weighted by atomic mass is 16.4. The number of rotatable bonds is 6. The predicted octanol–water partition coefficient (Wildman–Crippen LogP) is 2.55. The summed E-state index contributed by atoms with van der Waals surface area (Å²) in [7, 11) is 0. The zero-order valence-corrected chi connectivity index (χ0v) is 11.9. The second kappa shape index (κ2) is 7.72. The number of nitrogens with one attached hydrogen (secondary N) is 1. The summed E-state index contributed by atoms with van der Waals surface area (Å²) >= 11 is 0. The Morgan fingerprint density at radius 2 is 1.60 bits per heavy atom. The average molecular weight is 280 g/mol. The maximum absolute atomic E-state index is 12.3. The number of carboxylic acid groups (broad SMARTS) is 1. The van der Waals surface area contributed by atoms with E-state index in [1.807, 2.05) is 0 Å². The van der Waals surface area contributed by atoms with Crippen LogP contribution in [0.25, 0.3) is 0 Å². The van der Waals surface area contributed by atoms with Crippen LogP contribution >= 0.6 is 0 Å². The zero-order valence-electron chi connectivity index (χ0n) is 11.9. The first-order chi connectivity index (χ1) is 9.55. The van der Waals surface area contributed by atoms with Gasteiger partial charge in [0.15, 0.2) is 0 Å². The first-order valence-corrected chi connectivity index (χ1v) is 7.08. The quantitative estimate of drug-likeness (QED) is 0.580. The van der Waals surface area contributed by atoms with E-state index in [0.29, 0.717) is 25.9 Å². The summed E-state index contributed by atoms with van der Waals surface area (Å²) in [5.74, 6) is -0.940. The standard InChI is InChI=1S/C15H24N2O3/c1-3-11-17(12-4-2)14(20)16-15(13(18)19)9-7-5-6-8-10-15/h3-4H,1-2,5-12H2,(H,16,20)(H,18,19). The summed E-state index contributed by atoms with van der Waals surface area (Å²) in [4.78, 5) is 25.4. The lowest BCUT2D eigenvalue weighted by molar-refractivity contribution is -0.145. The van der Waals surface area contributed by atoms with E-state index in [1.165, 1.54) is 4.90 Å². The van der Waals surface area contributed by atoms with Gasteiger partial charge in [0.1, 0.15) is 5.54 Å². The van der Waals surface area contributed by atoms with Crippen molar-refractivity contribution in [3.8, 4) is 0 Å². The molecule has 5 nitrogen and oxygen atoms in total. The van der Waals surface area contributed by atoms with Crippen LogP contribution in [0.4, 0.5) is 4.79 Å². The number of nitrogens with zero attached hydrogens (tertiary/aromatic N) is 1. The van der Waals surface area contributed by atoms with Gasteiger partial charge in [-0.05, 0) is 12.8 Å². The summed E-state index contributed by atoms with van der Waals surface area (Å²) in [6, 6.07) is -0.367. The molecule has 0 unspecified atom stereocenters. The number of hydrogen-bond donors (Lipinski definition) is 2. The van der Waals surface area contributed by atoms with Crippen molar-refractivity contribution >= 4 is 12.0 Å². The van der Waals surface area contributed by atoms with Crippen molar-refractivity contribution in [1.82, 2.24) is 10.2 Å². The van der Waals surface area contributed by atoms with Gasteiger partial charge in [0.2, 0.25) is 0 Å². The molecule has 2 amide bonds. The van der Waals surface area contributed by atoms with E-state index in [-0.39, 0.29) is 6.03 Å². The molecule has 0 aromatic heterocycles. The zero-order chi connectivity index (χ0) is 15.0. The summed E-state index contributed by atoms with van der Waals surface area (Å²) in [5, 5.41) is 12.3. The molecule has 0 saturated heterocycles. The lowest BCUT2D eigenvalue weighted by Crippen LogP contribution is -2.57. The molecule has 0 heterocycles. The molecule has 1 aliphatic rings. The van der Waals surface area contributed by atoms with Gasteiger partial charge >= 0.3 is 12.0 Å². The maximum atomic E-state index is 12.3. The van der Waals surface area contributed by atoms with Gasteiger partial charge < -0.3 is 15.3 Å². The van der Waals surface area contributed by atoms with Gasteiger partial charge in [-0.1, -0.05) is 37.8 Å². The number of carboxylic acids is 1. The third-order valence-corrected chi connectivity index (χ3v) is 3.70. The third kappa shape index (κ3) is 4.11. The van der Waals surface area contributed by atoms with Crippen molar-refractivity contribution < 1.29 is 14.7 Å². The Bertz CT molecular complexity index is 361. The number of urea groups is 1. The van der Waals surface area contributed by atoms with Crippen molar-refractivity contribution in [1.29, 1.82) is 0 Å². The highest BCUT2D eigenvalue weighted by Gasteiger charge is 2.40. The second-order valence-corrected chi connectivity index (χ2v) is 5.21. The maximum Gasteiger partial charge on any atom is 0.329 e. The Balaban J connectivity index is 2.82. The molecule has 0 radical (unpaired) electrons. The normalized spacial score (nSPS) is 17.6. The predicted molar refractivity (Wildman–Crippen MR) is 78.6 cm³/mol. The molecule has 20 heavy (non-hydrogen) atoms. The van der Waals surface area contributed by atoms with Gasteiger partial charge in [-0.15, -0.1) is 13.2 Å². The van der Waals surface area contributed by atoms with Gasteiger partial charge in [-0.3, -0.25) is 0 Å². The van der Waals surface area contributed by atoms with E-state index < -0.39 is 11.5 Å². The first-order valence-electron chi connectivity index (χ1n) is 7.08. The monoisotopic (exact) mass is 280 g/mol. The smallest absolute Gasteiger partial charge is 0.329 e. The minimum Gasteiger partial charge on any atom is -0.480 e. The third-order valence-electron chi connectivity index (χ3n) is 3.70. The highest BCUT2D eigenvalue weighted by molar-refractivity contribution is 5.86.